The van der Waals surface area contributed by atoms with E-state index in [9.17, 15) is 14.4 Å². The maximum atomic E-state index is 11.3. The van der Waals surface area contributed by atoms with Crippen LogP contribution in [0.1, 0.15) is 12.8 Å². The SMILES string of the molecule is COC(=O)CCC(=O)N(C)CC(=O)OC. The first-order chi connectivity index (χ1) is 7.01. The van der Waals surface area contributed by atoms with Gasteiger partial charge in [0.25, 0.3) is 0 Å². The van der Waals surface area contributed by atoms with Gasteiger partial charge in [0.15, 0.2) is 0 Å². The van der Waals surface area contributed by atoms with Crippen LogP contribution in [0, 0.1) is 0 Å². The molecule has 0 unspecified atom stereocenters. The van der Waals surface area contributed by atoms with Gasteiger partial charge in [-0.2, -0.15) is 0 Å². The van der Waals surface area contributed by atoms with E-state index in [1.54, 1.807) is 0 Å². The average Bonchev–Trinajstić information content (AvgIpc) is 2.24. The van der Waals surface area contributed by atoms with Crippen molar-refractivity contribution < 1.29 is 23.9 Å². The number of rotatable bonds is 5. The summed E-state index contributed by atoms with van der Waals surface area (Å²) in [5, 5.41) is 0. The molecule has 1 amide bonds. The lowest BCUT2D eigenvalue weighted by Crippen LogP contribution is -2.32. The number of amides is 1. The molecule has 6 nitrogen and oxygen atoms in total. The maximum Gasteiger partial charge on any atom is 0.325 e. The molecular formula is C9H15NO5. The van der Waals surface area contributed by atoms with Gasteiger partial charge in [-0.1, -0.05) is 0 Å². The summed E-state index contributed by atoms with van der Waals surface area (Å²) < 4.78 is 8.77. The zero-order valence-electron chi connectivity index (χ0n) is 9.11. The highest BCUT2D eigenvalue weighted by atomic mass is 16.5. The summed E-state index contributed by atoms with van der Waals surface area (Å²) in [4.78, 5) is 34.1. The second-order valence-corrected chi connectivity index (χ2v) is 2.90. The minimum Gasteiger partial charge on any atom is -0.469 e. The van der Waals surface area contributed by atoms with Crippen molar-refractivity contribution in [3.63, 3.8) is 0 Å². The minimum absolute atomic E-state index is 0.0147. The van der Waals surface area contributed by atoms with Crippen LogP contribution < -0.4 is 0 Å². The summed E-state index contributed by atoms with van der Waals surface area (Å²) in [6, 6.07) is 0. The van der Waals surface area contributed by atoms with Crippen LogP contribution in [0.15, 0.2) is 0 Å². The Labute approximate surface area is 88.1 Å². The molecule has 0 atom stereocenters. The third kappa shape index (κ3) is 5.66. The van der Waals surface area contributed by atoms with Crippen LogP contribution >= 0.6 is 0 Å². The fourth-order valence-corrected chi connectivity index (χ4v) is 0.848. The molecule has 0 N–H and O–H groups in total. The van der Waals surface area contributed by atoms with E-state index in [0.29, 0.717) is 0 Å². The predicted molar refractivity (Wildman–Crippen MR) is 50.9 cm³/mol. The van der Waals surface area contributed by atoms with Crippen LogP contribution in [-0.2, 0) is 23.9 Å². The van der Waals surface area contributed by atoms with Gasteiger partial charge < -0.3 is 14.4 Å². The molecule has 0 saturated carbocycles. The van der Waals surface area contributed by atoms with Gasteiger partial charge in [-0.05, 0) is 0 Å². The smallest absolute Gasteiger partial charge is 0.325 e. The highest BCUT2D eigenvalue weighted by Crippen LogP contribution is 1.97. The highest BCUT2D eigenvalue weighted by Gasteiger charge is 2.14. The molecule has 86 valence electrons. The number of ether oxygens (including phenoxy) is 2. The van der Waals surface area contributed by atoms with Gasteiger partial charge in [0, 0.05) is 13.5 Å². The number of esters is 2. The standard InChI is InChI=1S/C9H15NO5/c1-10(6-9(13)15-3)7(11)4-5-8(12)14-2/h4-6H2,1-3H3. The lowest BCUT2D eigenvalue weighted by molar-refractivity contribution is -0.147. The summed E-state index contributed by atoms with van der Waals surface area (Å²) in [5.41, 5.74) is 0. The first kappa shape index (κ1) is 13.4. The third-order valence-electron chi connectivity index (χ3n) is 1.79. The van der Waals surface area contributed by atoms with Gasteiger partial charge in [-0.25, -0.2) is 0 Å². The lowest BCUT2D eigenvalue weighted by Gasteiger charge is -2.14. The molecule has 0 aromatic heterocycles. The molecule has 0 rings (SSSR count). The monoisotopic (exact) mass is 217 g/mol. The number of carbonyl (C=O) groups excluding carboxylic acids is 3. The van der Waals surface area contributed by atoms with Crippen molar-refractivity contribution in [2.45, 2.75) is 12.8 Å². The molecule has 0 heterocycles. The normalized spacial score (nSPS) is 9.27. The predicted octanol–water partition coefficient (Wildman–Crippen LogP) is -0.429. The van der Waals surface area contributed by atoms with Crippen molar-refractivity contribution in [3.05, 3.63) is 0 Å². The van der Waals surface area contributed by atoms with Gasteiger partial charge >= 0.3 is 11.9 Å². The summed E-state index contributed by atoms with van der Waals surface area (Å²) in [7, 11) is 3.97. The summed E-state index contributed by atoms with van der Waals surface area (Å²) in [6.45, 7) is -0.115. The molecule has 0 aromatic carbocycles. The van der Waals surface area contributed by atoms with Crippen LogP contribution in [0.2, 0.25) is 0 Å². The van der Waals surface area contributed by atoms with Crippen LogP contribution in [0.5, 0.6) is 0 Å². The van der Waals surface area contributed by atoms with Crippen LogP contribution in [-0.4, -0.2) is 50.6 Å². The van der Waals surface area contributed by atoms with E-state index >= 15 is 0 Å². The molecule has 0 bridgehead atoms. The highest BCUT2D eigenvalue weighted by molar-refractivity contribution is 5.84. The summed E-state index contributed by atoms with van der Waals surface area (Å²) in [6.07, 6.45) is 0.0427. The summed E-state index contributed by atoms with van der Waals surface area (Å²) in [5.74, 6) is -1.25. The van der Waals surface area contributed by atoms with E-state index < -0.39 is 11.9 Å². The Bertz CT molecular complexity index is 251. The molecule has 0 aromatic rings. The van der Waals surface area contributed by atoms with E-state index in [-0.39, 0.29) is 25.3 Å². The Hall–Kier alpha value is -1.59. The zero-order chi connectivity index (χ0) is 11.8. The molecular weight excluding hydrogens is 202 g/mol. The second kappa shape index (κ2) is 6.80. The minimum atomic E-state index is -0.496. The molecule has 15 heavy (non-hydrogen) atoms. The number of carbonyl (C=O) groups is 3. The van der Waals surface area contributed by atoms with E-state index in [2.05, 4.69) is 9.47 Å². The quantitative estimate of drug-likeness (QED) is 0.584. The van der Waals surface area contributed by atoms with Crippen molar-refractivity contribution in [3.8, 4) is 0 Å². The third-order valence-corrected chi connectivity index (χ3v) is 1.79. The van der Waals surface area contributed by atoms with Gasteiger partial charge in [0.1, 0.15) is 6.54 Å². The average molecular weight is 217 g/mol. The number of hydrogen-bond acceptors (Lipinski definition) is 5. The topological polar surface area (TPSA) is 72.9 Å². The van der Waals surface area contributed by atoms with Crippen LogP contribution in [0.3, 0.4) is 0 Å². The van der Waals surface area contributed by atoms with Crippen molar-refractivity contribution in [2.75, 3.05) is 27.8 Å². The molecule has 0 radical (unpaired) electrons. The molecule has 6 heteroatoms. The van der Waals surface area contributed by atoms with E-state index in [1.165, 1.54) is 26.2 Å². The first-order valence-corrected chi connectivity index (χ1v) is 4.38. The number of nitrogens with zero attached hydrogens (tertiary/aromatic N) is 1. The van der Waals surface area contributed by atoms with Crippen molar-refractivity contribution in [1.82, 2.24) is 4.90 Å². The van der Waals surface area contributed by atoms with Crippen LogP contribution in [0.4, 0.5) is 0 Å². The van der Waals surface area contributed by atoms with Gasteiger partial charge in [0.05, 0.1) is 20.6 Å². The number of likely N-dealkylation sites (N-methyl/N-ethyl adjacent to an activating group) is 1. The zero-order valence-corrected chi connectivity index (χ0v) is 9.11. The molecule has 0 spiro atoms. The largest absolute Gasteiger partial charge is 0.469 e. The lowest BCUT2D eigenvalue weighted by atomic mass is 10.3. The number of hydrogen-bond donors (Lipinski definition) is 0. The summed E-state index contributed by atoms with van der Waals surface area (Å²) >= 11 is 0. The van der Waals surface area contributed by atoms with Crippen LogP contribution in [0.25, 0.3) is 0 Å². The molecule has 0 aliphatic carbocycles. The fourth-order valence-electron chi connectivity index (χ4n) is 0.848. The van der Waals surface area contributed by atoms with Gasteiger partial charge in [0.2, 0.25) is 5.91 Å². The number of methoxy groups -OCH3 is 2. The molecule has 0 saturated heterocycles. The Morgan fingerprint density at radius 3 is 2.00 bits per heavy atom. The van der Waals surface area contributed by atoms with E-state index in [0.717, 1.165) is 0 Å². The van der Waals surface area contributed by atoms with Gasteiger partial charge in [-0.3, -0.25) is 14.4 Å². The molecule has 0 fully saturated rings. The fraction of sp³-hybridized carbons (Fsp3) is 0.667. The Balaban J connectivity index is 3.89. The Morgan fingerprint density at radius 1 is 1.00 bits per heavy atom. The Kier molecular flexibility index (Phi) is 6.08. The second-order valence-electron chi connectivity index (χ2n) is 2.90. The molecule has 0 aliphatic heterocycles. The first-order valence-electron chi connectivity index (χ1n) is 4.38. The Morgan fingerprint density at radius 2 is 1.53 bits per heavy atom. The maximum absolute atomic E-state index is 11.3. The van der Waals surface area contributed by atoms with Crippen molar-refractivity contribution >= 4 is 17.8 Å². The molecule has 0 aliphatic rings. The van der Waals surface area contributed by atoms with Gasteiger partial charge in [-0.15, -0.1) is 0 Å². The van der Waals surface area contributed by atoms with E-state index in [4.69, 9.17) is 0 Å². The van der Waals surface area contributed by atoms with Crippen molar-refractivity contribution in [1.29, 1.82) is 0 Å². The van der Waals surface area contributed by atoms with Crippen molar-refractivity contribution in [2.24, 2.45) is 0 Å². The van der Waals surface area contributed by atoms with E-state index in [1.807, 2.05) is 0 Å².